The van der Waals surface area contributed by atoms with Crippen molar-refractivity contribution in [1.29, 1.82) is 5.26 Å². The van der Waals surface area contributed by atoms with Gasteiger partial charge in [0.2, 0.25) is 0 Å². The number of halogens is 1. The van der Waals surface area contributed by atoms with Crippen molar-refractivity contribution in [2.75, 3.05) is 12.3 Å². The van der Waals surface area contributed by atoms with Gasteiger partial charge in [-0.2, -0.15) is 5.26 Å². The molecule has 1 atom stereocenters. The predicted molar refractivity (Wildman–Crippen MR) is 68.8 cm³/mol. The lowest BCUT2D eigenvalue weighted by molar-refractivity contribution is 0.243. The molecule has 0 aromatic heterocycles. The summed E-state index contributed by atoms with van der Waals surface area (Å²) in [6.45, 7) is 0.0330. The third-order valence-corrected chi connectivity index (χ3v) is 2.80. The van der Waals surface area contributed by atoms with Crippen LogP contribution < -0.4 is 11.1 Å². The fraction of sp³-hybridized carbons (Fsp3) is 0.417. The smallest absolute Gasteiger partial charge is 0.101 e. The average Bonchev–Trinajstić information content (AvgIpc) is 3.11. The highest BCUT2D eigenvalue weighted by Gasteiger charge is 2.25. The van der Waals surface area contributed by atoms with Gasteiger partial charge in [-0.3, -0.25) is 0 Å². The standard InChI is InChI=1S/C12H15N3O.ClH/c13-6-9-5-8(1-4-11(9)14)12(7-16)15-10-2-3-10;/h1,4-5,10,12,15-16H,2-3,7,14H2;1H. The molecule has 17 heavy (non-hydrogen) atoms. The van der Waals surface area contributed by atoms with E-state index in [0.717, 1.165) is 18.4 Å². The second-order valence-corrected chi connectivity index (χ2v) is 4.13. The summed E-state index contributed by atoms with van der Waals surface area (Å²) >= 11 is 0. The number of hydrogen-bond acceptors (Lipinski definition) is 4. The molecule has 1 saturated carbocycles. The van der Waals surface area contributed by atoms with Crippen molar-refractivity contribution in [3.8, 4) is 6.07 Å². The van der Waals surface area contributed by atoms with Gasteiger partial charge in [0.25, 0.3) is 0 Å². The fourth-order valence-electron chi connectivity index (χ4n) is 1.68. The number of nitrogens with one attached hydrogen (secondary N) is 1. The molecule has 0 saturated heterocycles. The van der Waals surface area contributed by atoms with E-state index in [0.29, 0.717) is 17.3 Å². The molecule has 5 heteroatoms. The summed E-state index contributed by atoms with van der Waals surface area (Å²) in [5.74, 6) is 0. The summed E-state index contributed by atoms with van der Waals surface area (Å²) in [6.07, 6.45) is 2.33. The van der Waals surface area contributed by atoms with Gasteiger partial charge in [-0.25, -0.2) is 0 Å². The molecule has 0 amide bonds. The maximum atomic E-state index is 9.31. The maximum Gasteiger partial charge on any atom is 0.101 e. The number of rotatable bonds is 4. The molecular weight excluding hydrogens is 238 g/mol. The van der Waals surface area contributed by atoms with Gasteiger partial charge in [0.15, 0.2) is 0 Å². The number of hydrogen-bond donors (Lipinski definition) is 3. The van der Waals surface area contributed by atoms with E-state index in [1.807, 2.05) is 12.1 Å². The number of nitriles is 1. The Labute approximate surface area is 107 Å². The second-order valence-electron chi connectivity index (χ2n) is 4.13. The van der Waals surface area contributed by atoms with Gasteiger partial charge in [0.1, 0.15) is 6.07 Å². The van der Waals surface area contributed by atoms with Crippen molar-refractivity contribution in [1.82, 2.24) is 5.32 Å². The molecule has 1 aliphatic rings. The average molecular weight is 254 g/mol. The highest BCUT2D eigenvalue weighted by molar-refractivity contribution is 5.85. The van der Waals surface area contributed by atoms with Crippen LogP contribution in [0.3, 0.4) is 0 Å². The van der Waals surface area contributed by atoms with Gasteiger partial charge in [-0.1, -0.05) is 6.07 Å². The molecule has 0 aliphatic heterocycles. The van der Waals surface area contributed by atoms with Gasteiger partial charge in [0.05, 0.1) is 18.2 Å². The SMILES string of the molecule is Cl.N#Cc1cc(C(CO)NC2CC2)ccc1N. The Bertz CT molecular complexity index is 426. The summed E-state index contributed by atoms with van der Waals surface area (Å²) in [6, 6.07) is 7.77. The zero-order chi connectivity index (χ0) is 11.5. The largest absolute Gasteiger partial charge is 0.398 e. The van der Waals surface area contributed by atoms with Crippen LogP contribution in [0.2, 0.25) is 0 Å². The summed E-state index contributed by atoms with van der Waals surface area (Å²) < 4.78 is 0. The summed E-state index contributed by atoms with van der Waals surface area (Å²) in [5, 5.41) is 21.5. The van der Waals surface area contributed by atoms with Crippen LogP contribution in [0.1, 0.15) is 30.0 Å². The first-order chi connectivity index (χ1) is 7.74. The van der Waals surface area contributed by atoms with Crippen LogP contribution in [-0.2, 0) is 0 Å². The van der Waals surface area contributed by atoms with Gasteiger partial charge < -0.3 is 16.2 Å². The van der Waals surface area contributed by atoms with Crippen molar-refractivity contribution < 1.29 is 5.11 Å². The molecule has 1 unspecified atom stereocenters. The monoisotopic (exact) mass is 253 g/mol. The van der Waals surface area contributed by atoms with Crippen LogP contribution in [0.25, 0.3) is 0 Å². The zero-order valence-corrected chi connectivity index (χ0v) is 10.2. The third kappa shape index (κ3) is 3.34. The molecule has 1 aromatic rings. The van der Waals surface area contributed by atoms with E-state index in [4.69, 9.17) is 11.0 Å². The number of aliphatic hydroxyl groups is 1. The first-order valence-corrected chi connectivity index (χ1v) is 5.41. The topological polar surface area (TPSA) is 82.1 Å². The normalized spacial score (nSPS) is 15.8. The quantitative estimate of drug-likeness (QED) is 0.708. The molecular formula is C12H16ClN3O. The lowest BCUT2D eigenvalue weighted by atomic mass is 10.0. The molecule has 4 nitrogen and oxygen atoms in total. The van der Waals surface area contributed by atoms with Gasteiger partial charge in [-0.05, 0) is 30.5 Å². The molecule has 1 fully saturated rings. The minimum absolute atomic E-state index is 0. The maximum absolute atomic E-state index is 9.31. The van der Waals surface area contributed by atoms with Gasteiger partial charge in [0, 0.05) is 11.7 Å². The van der Waals surface area contributed by atoms with Gasteiger partial charge in [-0.15, -0.1) is 12.4 Å². The second kappa shape index (κ2) is 5.87. The lowest BCUT2D eigenvalue weighted by Crippen LogP contribution is -2.26. The Morgan fingerprint density at radius 2 is 2.24 bits per heavy atom. The van der Waals surface area contributed by atoms with Crippen LogP contribution in [-0.4, -0.2) is 17.8 Å². The number of benzene rings is 1. The van der Waals surface area contributed by atoms with Crippen molar-refractivity contribution >= 4 is 18.1 Å². The van der Waals surface area contributed by atoms with E-state index in [1.54, 1.807) is 12.1 Å². The van der Waals surface area contributed by atoms with Crippen molar-refractivity contribution in [3.05, 3.63) is 29.3 Å². The number of aliphatic hydroxyl groups excluding tert-OH is 1. The van der Waals surface area contributed by atoms with Crippen LogP contribution in [0.4, 0.5) is 5.69 Å². The van der Waals surface area contributed by atoms with Crippen LogP contribution in [0, 0.1) is 11.3 Å². The molecule has 0 radical (unpaired) electrons. The predicted octanol–water partition coefficient (Wildman–Crippen LogP) is 1.35. The van der Waals surface area contributed by atoms with Crippen molar-refractivity contribution in [3.63, 3.8) is 0 Å². The van der Waals surface area contributed by atoms with E-state index >= 15 is 0 Å². The molecule has 0 heterocycles. The zero-order valence-electron chi connectivity index (χ0n) is 9.39. The highest BCUT2D eigenvalue weighted by atomic mass is 35.5. The van der Waals surface area contributed by atoms with E-state index < -0.39 is 0 Å². The fourth-order valence-corrected chi connectivity index (χ4v) is 1.68. The van der Waals surface area contributed by atoms with E-state index in [-0.39, 0.29) is 25.1 Å². The van der Waals surface area contributed by atoms with E-state index in [9.17, 15) is 5.11 Å². The molecule has 92 valence electrons. The molecule has 1 aromatic carbocycles. The van der Waals surface area contributed by atoms with Crippen molar-refractivity contribution in [2.45, 2.75) is 24.9 Å². The summed E-state index contributed by atoms with van der Waals surface area (Å²) in [5.41, 5.74) is 7.51. The molecule has 2 rings (SSSR count). The molecule has 1 aliphatic carbocycles. The number of anilines is 1. The number of nitrogen functional groups attached to an aromatic ring is 1. The molecule has 0 spiro atoms. The Morgan fingerprint density at radius 3 is 2.76 bits per heavy atom. The minimum atomic E-state index is -0.0970. The Kier molecular flexibility index (Phi) is 4.76. The third-order valence-electron chi connectivity index (χ3n) is 2.80. The lowest BCUT2D eigenvalue weighted by Gasteiger charge is -2.16. The van der Waals surface area contributed by atoms with Crippen LogP contribution >= 0.6 is 12.4 Å². The Balaban J connectivity index is 0.00000144. The van der Waals surface area contributed by atoms with Crippen LogP contribution in [0.5, 0.6) is 0 Å². The molecule has 0 bridgehead atoms. The van der Waals surface area contributed by atoms with Gasteiger partial charge >= 0.3 is 0 Å². The first kappa shape index (κ1) is 13.8. The van der Waals surface area contributed by atoms with Crippen LogP contribution in [0.15, 0.2) is 18.2 Å². The Morgan fingerprint density at radius 1 is 1.53 bits per heavy atom. The minimum Gasteiger partial charge on any atom is -0.398 e. The first-order valence-electron chi connectivity index (χ1n) is 5.41. The highest BCUT2D eigenvalue weighted by Crippen LogP contribution is 2.25. The van der Waals surface area contributed by atoms with Crippen molar-refractivity contribution in [2.24, 2.45) is 0 Å². The van der Waals surface area contributed by atoms with E-state index in [2.05, 4.69) is 5.32 Å². The summed E-state index contributed by atoms with van der Waals surface area (Å²) in [4.78, 5) is 0. The number of nitrogens with two attached hydrogens (primary N) is 1. The molecule has 4 N–H and O–H groups in total. The Hall–Kier alpha value is -1.28. The summed E-state index contributed by atoms with van der Waals surface area (Å²) in [7, 11) is 0. The number of nitrogens with zero attached hydrogens (tertiary/aromatic N) is 1. The van der Waals surface area contributed by atoms with E-state index in [1.165, 1.54) is 0 Å².